The maximum Gasteiger partial charge on any atom is 0.244 e. The molecule has 1 N–H and O–H groups in total. The van der Waals surface area contributed by atoms with Gasteiger partial charge in [0.25, 0.3) is 0 Å². The largest absolute Gasteiger partial charge is 0.273 e. The van der Waals surface area contributed by atoms with Gasteiger partial charge in [-0.05, 0) is 34.2 Å². The van der Waals surface area contributed by atoms with E-state index in [1.54, 1.807) is 12.1 Å². The average molecular weight is 312 g/mol. The molecule has 3 nitrogen and oxygen atoms in total. The molecule has 0 aliphatic carbocycles. The summed E-state index contributed by atoms with van der Waals surface area (Å²) in [6, 6.07) is 13.9. The third-order valence-corrected chi connectivity index (χ3v) is 3.46. The highest BCUT2D eigenvalue weighted by atomic mass is 19.1. The Morgan fingerprint density at radius 2 is 1.70 bits per heavy atom. The fourth-order valence-electron chi connectivity index (χ4n) is 2.08. The van der Waals surface area contributed by atoms with Gasteiger partial charge in [-0.3, -0.25) is 4.79 Å². The summed E-state index contributed by atoms with van der Waals surface area (Å²) < 4.78 is 12.8. The number of nitrogens with zero attached hydrogens (tertiary/aromatic N) is 1. The summed E-state index contributed by atoms with van der Waals surface area (Å²) in [7, 11) is 0. The lowest BCUT2D eigenvalue weighted by Gasteiger charge is -2.19. The number of hydrogen-bond donors (Lipinski definition) is 1. The van der Waals surface area contributed by atoms with Crippen LogP contribution in [-0.4, -0.2) is 12.1 Å². The highest BCUT2D eigenvalue weighted by Crippen LogP contribution is 2.22. The summed E-state index contributed by atoms with van der Waals surface area (Å²) in [4.78, 5) is 11.9. The van der Waals surface area contributed by atoms with Gasteiger partial charge in [0, 0.05) is 0 Å². The molecule has 0 spiro atoms. The van der Waals surface area contributed by atoms with E-state index >= 15 is 0 Å². The first-order valence-corrected chi connectivity index (χ1v) is 7.51. The molecule has 0 fully saturated rings. The van der Waals surface area contributed by atoms with Crippen molar-refractivity contribution < 1.29 is 9.18 Å². The van der Waals surface area contributed by atoms with E-state index in [1.807, 2.05) is 24.3 Å². The van der Waals surface area contributed by atoms with Crippen LogP contribution >= 0.6 is 0 Å². The molecular formula is C19H21FN2O. The quantitative estimate of drug-likeness (QED) is 0.677. The lowest BCUT2D eigenvalue weighted by molar-refractivity contribution is -0.120. The molecule has 0 aliphatic rings. The Morgan fingerprint density at radius 3 is 2.26 bits per heavy atom. The molecule has 23 heavy (non-hydrogen) atoms. The van der Waals surface area contributed by atoms with Crippen molar-refractivity contribution in [3.05, 3.63) is 71.0 Å². The first kappa shape index (κ1) is 16.9. The van der Waals surface area contributed by atoms with E-state index in [0.717, 1.165) is 11.1 Å². The number of amides is 1. The van der Waals surface area contributed by atoms with Gasteiger partial charge in [-0.15, -0.1) is 0 Å². The number of rotatable bonds is 4. The molecular weight excluding hydrogens is 291 g/mol. The normalized spacial score (nSPS) is 11.7. The number of hydrazone groups is 1. The van der Waals surface area contributed by atoms with Crippen molar-refractivity contribution in [1.29, 1.82) is 0 Å². The minimum Gasteiger partial charge on any atom is -0.273 e. The second kappa shape index (κ2) is 7.18. The molecule has 0 saturated carbocycles. The van der Waals surface area contributed by atoms with Crippen LogP contribution in [0, 0.1) is 5.82 Å². The van der Waals surface area contributed by atoms with Gasteiger partial charge in [0.2, 0.25) is 5.91 Å². The van der Waals surface area contributed by atoms with Crippen molar-refractivity contribution in [1.82, 2.24) is 5.43 Å². The third kappa shape index (κ3) is 5.33. The molecule has 2 aromatic rings. The number of carbonyl (C=O) groups excluding carboxylic acids is 1. The van der Waals surface area contributed by atoms with Gasteiger partial charge in [0.15, 0.2) is 0 Å². The van der Waals surface area contributed by atoms with E-state index < -0.39 is 0 Å². The van der Waals surface area contributed by atoms with Crippen LogP contribution in [0.1, 0.15) is 37.5 Å². The van der Waals surface area contributed by atoms with E-state index in [1.165, 1.54) is 23.9 Å². The number of nitrogens with one attached hydrogen (secondary N) is 1. The molecule has 2 aromatic carbocycles. The van der Waals surface area contributed by atoms with Gasteiger partial charge in [-0.2, -0.15) is 5.10 Å². The molecule has 0 radical (unpaired) electrons. The van der Waals surface area contributed by atoms with Crippen molar-refractivity contribution >= 4 is 12.1 Å². The highest BCUT2D eigenvalue weighted by Gasteiger charge is 2.13. The minimum atomic E-state index is -0.301. The number of halogens is 1. The SMILES string of the molecule is CC(C)(C)c1ccc(CC(=O)N/N=C\c2ccc(F)cc2)cc1. The predicted octanol–water partition coefficient (Wildman–Crippen LogP) is 3.82. The molecule has 0 bridgehead atoms. The van der Waals surface area contributed by atoms with Crippen LogP contribution in [0.4, 0.5) is 4.39 Å². The van der Waals surface area contributed by atoms with Gasteiger partial charge < -0.3 is 0 Å². The molecule has 0 aromatic heterocycles. The fourth-order valence-corrected chi connectivity index (χ4v) is 2.08. The molecule has 0 unspecified atom stereocenters. The zero-order valence-electron chi connectivity index (χ0n) is 13.6. The van der Waals surface area contributed by atoms with Crippen LogP contribution in [0.25, 0.3) is 0 Å². The van der Waals surface area contributed by atoms with Crippen LogP contribution in [0.5, 0.6) is 0 Å². The van der Waals surface area contributed by atoms with Crippen LogP contribution < -0.4 is 5.43 Å². The van der Waals surface area contributed by atoms with Crippen LogP contribution in [0.2, 0.25) is 0 Å². The smallest absolute Gasteiger partial charge is 0.244 e. The van der Waals surface area contributed by atoms with Crippen molar-refractivity contribution in [2.75, 3.05) is 0 Å². The van der Waals surface area contributed by atoms with Gasteiger partial charge in [0.1, 0.15) is 5.82 Å². The van der Waals surface area contributed by atoms with E-state index in [0.29, 0.717) is 0 Å². The zero-order valence-corrected chi connectivity index (χ0v) is 13.6. The van der Waals surface area contributed by atoms with Crippen LogP contribution in [0.3, 0.4) is 0 Å². The van der Waals surface area contributed by atoms with Gasteiger partial charge >= 0.3 is 0 Å². The Labute approximate surface area is 136 Å². The molecule has 1 amide bonds. The first-order chi connectivity index (χ1) is 10.8. The molecule has 4 heteroatoms. The highest BCUT2D eigenvalue weighted by molar-refractivity contribution is 5.83. The van der Waals surface area contributed by atoms with Crippen molar-refractivity contribution in [2.45, 2.75) is 32.6 Å². The van der Waals surface area contributed by atoms with Crippen molar-refractivity contribution in [2.24, 2.45) is 5.10 Å². The molecule has 0 atom stereocenters. The zero-order chi connectivity index (χ0) is 16.9. The second-order valence-corrected chi connectivity index (χ2v) is 6.47. The number of benzene rings is 2. The number of hydrogen-bond acceptors (Lipinski definition) is 2. The standard InChI is InChI=1S/C19H21FN2O/c1-19(2,3)16-8-4-14(5-9-16)12-18(23)22-21-13-15-6-10-17(20)11-7-15/h4-11,13H,12H2,1-3H3,(H,22,23)/b21-13-. The molecule has 0 heterocycles. The molecule has 2 rings (SSSR count). The van der Waals surface area contributed by atoms with Gasteiger partial charge in [0.05, 0.1) is 12.6 Å². The summed E-state index contributed by atoms with van der Waals surface area (Å²) in [5.74, 6) is -0.489. The van der Waals surface area contributed by atoms with E-state index in [2.05, 4.69) is 31.3 Å². The van der Waals surface area contributed by atoms with Gasteiger partial charge in [-0.1, -0.05) is 57.2 Å². The second-order valence-electron chi connectivity index (χ2n) is 6.47. The maximum atomic E-state index is 12.8. The molecule has 0 aliphatic heterocycles. The summed E-state index contributed by atoms with van der Waals surface area (Å²) in [5, 5.41) is 3.88. The predicted molar refractivity (Wildman–Crippen MR) is 91.0 cm³/mol. The van der Waals surface area contributed by atoms with Crippen LogP contribution in [0.15, 0.2) is 53.6 Å². The third-order valence-electron chi connectivity index (χ3n) is 3.46. The van der Waals surface area contributed by atoms with E-state index in [-0.39, 0.29) is 23.6 Å². The van der Waals surface area contributed by atoms with E-state index in [9.17, 15) is 9.18 Å². The van der Waals surface area contributed by atoms with E-state index in [4.69, 9.17) is 0 Å². The summed E-state index contributed by atoms with van der Waals surface area (Å²) >= 11 is 0. The lowest BCUT2D eigenvalue weighted by atomic mass is 9.86. The monoisotopic (exact) mass is 312 g/mol. The van der Waals surface area contributed by atoms with Gasteiger partial charge in [-0.25, -0.2) is 9.82 Å². The first-order valence-electron chi connectivity index (χ1n) is 7.51. The minimum absolute atomic E-state index is 0.0975. The molecule has 0 saturated heterocycles. The Morgan fingerprint density at radius 1 is 1.09 bits per heavy atom. The Hall–Kier alpha value is -2.49. The van der Waals surface area contributed by atoms with Crippen molar-refractivity contribution in [3.63, 3.8) is 0 Å². The summed E-state index contributed by atoms with van der Waals surface area (Å²) in [6.07, 6.45) is 1.76. The Bertz CT molecular complexity index is 683. The lowest BCUT2D eigenvalue weighted by Crippen LogP contribution is -2.20. The molecule has 120 valence electrons. The maximum absolute atomic E-state index is 12.8. The Balaban J connectivity index is 1.88. The average Bonchev–Trinajstić information content (AvgIpc) is 2.49. The summed E-state index contributed by atoms with van der Waals surface area (Å²) in [6.45, 7) is 6.45. The fraction of sp³-hybridized carbons (Fsp3) is 0.263. The topological polar surface area (TPSA) is 41.5 Å². The van der Waals surface area contributed by atoms with Crippen LogP contribution in [-0.2, 0) is 16.6 Å². The van der Waals surface area contributed by atoms with Crippen molar-refractivity contribution in [3.8, 4) is 0 Å². The Kier molecular flexibility index (Phi) is 5.27. The number of carbonyl (C=O) groups is 1. The summed E-state index contributed by atoms with van der Waals surface area (Å²) in [5.41, 5.74) is 5.47.